The lowest BCUT2D eigenvalue weighted by Gasteiger charge is -2.19. The van der Waals surface area contributed by atoms with Crippen LogP contribution in [0.1, 0.15) is 45.6 Å². The van der Waals surface area contributed by atoms with Gasteiger partial charge in [0.2, 0.25) is 0 Å². The van der Waals surface area contributed by atoms with E-state index in [1.54, 1.807) is 0 Å². The van der Waals surface area contributed by atoms with Crippen LogP contribution in [0.3, 0.4) is 0 Å². The molecule has 0 radical (unpaired) electrons. The summed E-state index contributed by atoms with van der Waals surface area (Å²) in [5, 5.41) is 0. The van der Waals surface area contributed by atoms with Crippen LogP contribution in [-0.2, 0) is 16.8 Å². The second-order valence-corrected chi connectivity index (χ2v) is 6.06. The van der Waals surface area contributed by atoms with Crippen molar-refractivity contribution >= 4 is 22.6 Å². The first-order valence-corrected chi connectivity index (χ1v) is 6.81. The smallest absolute Gasteiger partial charge is 0.264 e. The Morgan fingerprint density at radius 1 is 1.41 bits per heavy atom. The van der Waals surface area contributed by atoms with Crippen molar-refractivity contribution in [3.05, 3.63) is 25.4 Å². The monoisotopic (exact) mass is 350 g/mol. The molecule has 1 heterocycles. The van der Waals surface area contributed by atoms with E-state index in [0.717, 1.165) is 12.1 Å². The average molecular weight is 350 g/mol. The SMILES string of the molecule is CCCOCc1nc(C(C)(C)C)c(I)c(=O)[nH]1. The standard InChI is InChI=1S/C12H19IN2O2/c1-5-6-17-7-8-14-10(12(2,3)4)9(13)11(16)15-8/h5-7H2,1-4H3,(H,14,15,16). The predicted molar refractivity (Wildman–Crippen MR) is 76.2 cm³/mol. The fraction of sp³-hybridized carbons (Fsp3) is 0.667. The Balaban J connectivity index is 3.03. The quantitative estimate of drug-likeness (QED) is 0.671. The number of halogens is 1. The second kappa shape index (κ2) is 5.95. The van der Waals surface area contributed by atoms with Gasteiger partial charge in [0.05, 0.1) is 5.69 Å². The van der Waals surface area contributed by atoms with Crippen molar-refractivity contribution in [1.82, 2.24) is 9.97 Å². The Bertz CT molecular complexity index is 435. The molecule has 1 rings (SSSR count). The summed E-state index contributed by atoms with van der Waals surface area (Å²) in [5.41, 5.74) is 0.613. The summed E-state index contributed by atoms with van der Waals surface area (Å²) in [6.07, 6.45) is 0.959. The fourth-order valence-corrected chi connectivity index (χ4v) is 2.45. The topological polar surface area (TPSA) is 55.0 Å². The number of rotatable bonds is 4. The van der Waals surface area contributed by atoms with Gasteiger partial charge in [-0.25, -0.2) is 4.98 Å². The zero-order valence-corrected chi connectivity index (χ0v) is 12.9. The lowest BCUT2D eigenvalue weighted by atomic mass is 9.92. The van der Waals surface area contributed by atoms with Gasteiger partial charge in [-0.05, 0) is 29.0 Å². The summed E-state index contributed by atoms with van der Waals surface area (Å²) >= 11 is 2.04. The largest absolute Gasteiger partial charge is 0.374 e. The first-order valence-electron chi connectivity index (χ1n) is 5.73. The normalized spacial score (nSPS) is 11.8. The van der Waals surface area contributed by atoms with Crippen molar-refractivity contribution in [3.63, 3.8) is 0 Å². The molecular weight excluding hydrogens is 331 g/mol. The van der Waals surface area contributed by atoms with Crippen LogP contribution in [0.25, 0.3) is 0 Å². The van der Waals surface area contributed by atoms with Gasteiger partial charge in [0.25, 0.3) is 5.56 Å². The van der Waals surface area contributed by atoms with Gasteiger partial charge < -0.3 is 9.72 Å². The maximum Gasteiger partial charge on any atom is 0.264 e. The summed E-state index contributed by atoms with van der Waals surface area (Å²) in [4.78, 5) is 19.0. The third-order valence-electron chi connectivity index (χ3n) is 2.21. The molecule has 96 valence electrons. The molecular formula is C12H19IN2O2. The van der Waals surface area contributed by atoms with E-state index in [2.05, 4.69) is 9.97 Å². The lowest BCUT2D eigenvalue weighted by Crippen LogP contribution is -2.25. The maximum absolute atomic E-state index is 11.8. The fourth-order valence-electron chi connectivity index (χ4n) is 1.38. The third kappa shape index (κ3) is 4.06. The van der Waals surface area contributed by atoms with Crippen LogP contribution in [0.15, 0.2) is 4.79 Å². The zero-order chi connectivity index (χ0) is 13.1. The Kier molecular flexibility index (Phi) is 5.12. The summed E-state index contributed by atoms with van der Waals surface area (Å²) < 4.78 is 6.06. The van der Waals surface area contributed by atoms with Gasteiger partial charge in [-0.1, -0.05) is 27.7 Å². The third-order valence-corrected chi connectivity index (χ3v) is 3.21. The number of nitrogens with zero attached hydrogens (tertiary/aromatic N) is 1. The zero-order valence-electron chi connectivity index (χ0n) is 10.8. The van der Waals surface area contributed by atoms with E-state index in [0.29, 0.717) is 22.6 Å². The van der Waals surface area contributed by atoms with Gasteiger partial charge in [0, 0.05) is 12.0 Å². The van der Waals surface area contributed by atoms with Crippen molar-refractivity contribution in [1.29, 1.82) is 0 Å². The number of ether oxygens (including phenoxy) is 1. The molecule has 0 aliphatic carbocycles. The molecule has 5 heteroatoms. The molecule has 0 amide bonds. The summed E-state index contributed by atoms with van der Waals surface area (Å²) in [5.74, 6) is 0.605. The van der Waals surface area contributed by atoms with Crippen molar-refractivity contribution in [2.75, 3.05) is 6.61 Å². The summed E-state index contributed by atoms with van der Waals surface area (Å²) in [6, 6.07) is 0. The number of H-pyrrole nitrogens is 1. The van der Waals surface area contributed by atoms with Gasteiger partial charge in [0.1, 0.15) is 16.0 Å². The van der Waals surface area contributed by atoms with Crippen LogP contribution in [0, 0.1) is 3.57 Å². The molecule has 0 saturated heterocycles. The van der Waals surface area contributed by atoms with Crippen LogP contribution < -0.4 is 5.56 Å². The van der Waals surface area contributed by atoms with Crippen LogP contribution in [0.2, 0.25) is 0 Å². The van der Waals surface area contributed by atoms with Crippen LogP contribution in [0.5, 0.6) is 0 Å². The van der Waals surface area contributed by atoms with Crippen LogP contribution in [-0.4, -0.2) is 16.6 Å². The molecule has 0 bridgehead atoms. The van der Waals surface area contributed by atoms with Crippen molar-refractivity contribution < 1.29 is 4.74 Å². The Morgan fingerprint density at radius 3 is 2.59 bits per heavy atom. The second-order valence-electron chi connectivity index (χ2n) is 4.98. The lowest BCUT2D eigenvalue weighted by molar-refractivity contribution is 0.115. The maximum atomic E-state index is 11.8. The molecule has 1 N–H and O–H groups in total. The number of aromatic amines is 1. The summed E-state index contributed by atoms with van der Waals surface area (Å²) in [6.45, 7) is 9.24. The highest BCUT2D eigenvalue weighted by Crippen LogP contribution is 2.22. The van der Waals surface area contributed by atoms with E-state index in [4.69, 9.17) is 4.74 Å². The van der Waals surface area contributed by atoms with E-state index < -0.39 is 0 Å². The predicted octanol–water partition coefficient (Wildman–Crippen LogP) is 2.60. The molecule has 0 aliphatic rings. The first kappa shape index (κ1) is 14.6. The minimum absolute atomic E-state index is 0.0828. The van der Waals surface area contributed by atoms with E-state index in [9.17, 15) is 4.79 Å². The van der Waals surface area contributed by atoms with E-state index >= 15 is 0 Å². The van der Waals surface area contributed by atoms with Gasteiger partial charge >= 0.3 is 0 Å². The van der Waals surface area contributed by atoms with E-state index in [1.807, 2.05) is 50.3 Å². The number of nitrogens with one attached hydrogen (secondary N) is 1. The van der Waals surface area contributed by atoms with Gasteiger partial charge in [-0.3, -0.25) is 4.79 Å². The van der Waals surface area contributed by atoms with Crippen LogP contribution >= 0.6 is 22.6 Å². The molecule has 0 atom stereocenters. The highest BCUT2D eigenvalue weighted by molar-refractivity contribution is 14.1. The van der Waals surface area contributed by atoms with E-state index in [1.165, 1.54) is 0 Å². The number of hydrogen-bond donors (Lipinski definition) is 1. The van der Waals surface area contributed by atoms with Crippen molar-refractivity contribution in [2.45, 2.75) is 46.1 Å². The molecule has 1 aromatic heterocycles. The van der Waals surface area contributed by atoms with Crippen LogP contribution in [0.4, 0.5) is 0 Å². The molecule has 0 unspecified atom stereocenters. The highest BCUT2D eigenvalue weighted by Gasteiger charge is 2.21. The van der Waals surface area contributed by atoms with Gasteiger partial charge in [-0.15, -0.1) is 0 Å². The molecule has 0 aromatic carbocycles. The Labute approximate surface area is 115 Å². The highest BCUT2D eigenvalue weighted by atomic mass is 127. The molecule has 0 saturated carbocycles. The number of aromatic nitrogens is 2. The molecule has 4 nitrogen and oxygen atoms in total. The van der Waals surface area contributed by atoms with Crippen molar-refractivity contribution in [2.24, 2.45) is 0 Å². The molecule has 0 fully saturated rings. The minimum atomic E-state index is -0.135. The molecule has 0 aliphatic heterocycles. The first-order chi connectivity index (χ1) is 7.86. The molecule has 17 heavy (non-hydrogen) atoms. The van der Waals surface area contributed by atoms with Gasteiger partial charge in [0.15, 0.2) is 0 Å². The van der Waals surface area contributed by atoms with Gasteiger partial charge in [-0.2, -0.15) is 0 Å². The number of hydrogen-bond acceptors (Lipinski definition) is 3. The Hall–Kier alpha value is -0.430. The summed E-state index contributed by atoms with van der Waals surface area (Å²) in [7, 11) is 0. The van der Waals surface area contributed by atoms with Crippen molar-refractivity contribution in [3.8, 4) is 0 Å². The average Bonchev–Trinajstić information content (AvgIpc) is 2.21. The molecule has 1 aromatic rings. The minimum Gasteiger partial charge on any atom is -0.374 e. The Morgan fingerprint density at radius 2 is 2.06 bits per heavy atom. The molecule has 0 spiro atoms. The van der Waals surface area contributed by atoms with E-state index in [-0.39, 0.29) is 11.0 Å².